The fraction of sp³-hybridized carbons (Fsp3) is 0.435. The number of benzene rings is 2. The second-order valence-corrected chi connectivity index (χ2v) is 10.4. The van der Waals surface area contributed by atoms with Crippen LogP contribution in [-0.4, -0.2) is 28.8 Å². The van der Waals surface area contributed by atoms with Gasteiger partial charge in [0.05, 0.1) is 0 Å². The van der Waals surface area contributed by atoms with Crippen molar-refractivity contribution in [2.75, 3.05) is 12.4 Å². The number of carbonyl (C=O) groups is 1. The quantitative estimate of drug-likeness (QED) is 0.513. The first-order chi connectivity index (χ1) is 13.2. The molecule has 1 aliphatic carbocycles. The standard InChI is InChI=1S/C23H27AsNO2/c1-27-22-7-3-5-19-17(4-2-6-20(19)22)11-13-24-12-10-16-8-9-21-18(14-16)15-23(26)25-21/h3,5,7-9,14,17H,2,4,6,10-13,15H2,1H3,(H,25,26). The fourth-order valence-corrected chi connectivity index (χ4v) is 6.79. The van der Waals surface area contributed by atoms with Crippen molar-refractivity contribution in [2.45, 2.75) is 54.9 Å². The Morgan fingerprint density at radius 3 is 3.04 bits per heavy atom. The van der Waals surface area contributed by atoms with Gasteiger partial charge in [-0.05, 0) is 0 Å². The van der Waals surface area contributed by atoms with Gasteiger partial charge in [0.25, 0.3) is 0 Å². The van der Waals surface area contributed by atoms with E-state index >= 15 is 0 Å². The van der Waals surface area contributed by atoms with E-state index < -0.39 is 0 Å². The SMILES string of the molecule is COc1cccc2c1CCCC2CC[As]CCc1ccc2c(c1)CC(=O)N2. The Hall–Kier alpha value is -1.73. The number of anilines is 1. The molecule has 1 amide bonds. The van der Waals surface area contributed by atoms with Crippen LogP contribution in [0.2, 0.25) is 10.4 Å². The van der Waals surface area contributed by atoms with Gasteiger partial charge in [0.2, 0.25) is 0 Å². The van der Waals surface area contributed by atoms with Crippen LogP contribution in [0.15, 0.2) is 36.4 Å². The molecule has 1 radical (unpaired) electrons. The van der Waals surface area contributed by atoms with Crippen molar-refractivity contribution in [3.05, 3.63) is 58.7 Å². The summed E-state index contributed by atoms with van der Waals surface area (Å²) in [6.45, 7) is 0. The summed E-state index contributed by atoms with van der Waals surface area (Å²) in [4.78, 5) is 11.5. The molecule has 1 N–H and O–H groups in total. The fourth-order valence-electron chi connectivity index (χ4n) is 4.41. The minimum absolute atomic E-state index is 0.123. The monoisotopic (exact) mass is 424 g/mol. The first-order valence-corrected chi connectivity index (χ1v) is 12.6. The van der Waals surface area contributed by atoms with Crippen molar-refractivity contribution in [1.29, 1.82) is 0 Å². The maximum atomic E-state index is 11.5. The zero-order valence-corrected chi connectivity index (χ0v) is 17.8. The number of nitrogens with one attached hydrogen (secondary N) is 1. The van der Waals surface area contributed by atoms with Crippen molar-refractivity contribution in [1.82, 2.24) is 0 Å². The van der Waals surface area contributed by atoms with E-state index in [1.807, 2.05) is 0 Å². The minimum atomic E-state index is 0.123. The summed E-state index contributed by atoms with van der Waals surface area (Å²) in [5.41, 5.74) is 6.55. The molecule has 1 aliphatic heterocycles. The molecule has 2 aromatic rings. The van der Waals surface area contributed by atoms with Gasteiger partial charge in [0.15, 0.2) is 0 Å². The van der Waals surface area contributed by atoms with Crippen LogP contribution >= 0.6 is 0 Å². The predicted molar refractivity (Wildman–Crippen MR) is 111 cm³/mol. The van der Waals surface area contributed by atoms with Crippen LogP contribution in [0.5, 0.6) is 5.75 Å². The molecule has 0 fully saturated rings. The number of carbonyl (C=O) groups excluding carboxylic acids is 1. The molecule has 4 rings (SSSR count). The predicted octanol–water partition coefficient (Wildman–Crippen LogP) is 4.78. The number of ether oxygens (including phenoxy) is 1. The summed E-state index contributed by atoms with van der Waals surface area (Å²) < 4.78 is 5.57. The second-order valence-electron chi connectivity index (χ2n) is 7.54. The summed E-state index contributed by atoms with van der Waals surface area (Å²) in [5.74, 6) is 1.92. The first kappa shape index (κ1) is 18.6. The first-order valence-electron chi connectivity index (χ1n) is 9.95. The van der Waals surface area contributed by atoms with Crippen molar-refractivity contribution < 1.29 is 9.53 Å². The van der Waals surface area contributed by atoms with Gasteiger partial charge in [-0.25, -0.2) is 0 Å². The maximum absolute atomic E-state index is 11.5. The third-order valence-electron chi connectivity index (χ3n) is 5.80. The van der Waals surface area contributed by atoms with Crippen molar-refractivity contribution in [2.24, 2.45) is 0 Å². The van der Waals surface area contributed by atoms with Crippen molar-refractivity contribution in [3.8, 4) is 5.75 Å². The van der Waals surface area contributed by atoms with E-state index in [1.54, 1.807) is 7.11 Å². The molecule has 3 nitrogen and oxygen atoms in total. The van der Waals surface area contributed by atoms with Gasteiger partial charge in [0, 0.05) is 0 Å². The van der Waals surface area contributed by atoms with Gasteiger partial charge in [-0.3, -0.25) is 0 Å². The molecule has 0 saturated carbocycles. The topological polar surface area (TPSA) is 38.3 Å². The molecule has 0 saturated heterocycles. The van der Waals surface area contributed by atoms with Gasteiger partial charge in [-0.15, -0.1) is 0 Å². The Morgan fingerprint density at radius 1 is 1.22 bits per heavy atom. The average molecular weight is 424 g/mol. The van der Waals surface area contributed by atoms with Crippen LogP contribution in [0, 0.1) is 0 Å². The Balaban J connectivity index is 1.26. The molecule has 0 spiro atoms. The number of hydrogen-bond donors (Lipinski definition) is 1. The number of aryl methyl sites for hydroxylation is 1. The Bertz CT molecular complexity index is 833. The van der Waals surface area contributed by atoms with Crippen LogP contribution < -0.4 is 10.1 Å². The Morgan fingerprint density at radius 2 is 2.15 bits per heavy atom. The van der Waals surface area contributed by atoms with Crippen LogP contribution in [0.4, 0.5) is 5.69 Å². The van der Waals surface area contributed by atoms with Gasteiger partial charge in [-0.1, -0.05) is 0 Å². The van der Waals surface area contributed by atoms with E-state index in [2.05, 4.69) is 41.7 Å². The van der Waals surface area contributed by atoms with E-state index in [1.165, 1.54) is 58.4 Å². The molecule has 2 aromatic carbocycles. The van der Waals surface area contributed by atoms with Gasteiger partial charge < -0.3 is 0 Å². The Kier molecular flexibility index (Phi) is 5.88. The molecule has 1 atom stereocenters. The van der Waals surface area contributed by atoms with E-state index in [0.717, 1.165) is 23.8 Å². The number of methoxy groups -OCH3 is 1. The van der Waals surface area contributed by atoms with Crippen LogP contribution in [-0.2, 0) is 24.1 Å². The normalized spacial score (nSPS) is 18.4. The molecule has 0 aromatic heterocycles. The number of fused-ring (bicyclic) bond motifs is 2. The van der Waals surface area contributed by atoms with Crippen molar-refractivity contribution in [3.63, 3.8) is 0 Å². The van der Waals surface area contributed by atoms with Gasteiger partial charge >= 0.3 is 169 Å². The molecule has 1 unspecified atom stereocenters. The van der Waals surface area contributed by atoms with Gasteiger partial charge in [-0.2, -0.15) is 0 Å². The van der Waals surface area contributed by atoms with Crippen molar-refractivity contribution >= 4 is 27.3 Å². The van der Waals surface area contributed by atoms with Crippen LogP contribution in [0.3, 0.4) is 0 Å². The third kappa shape index (κ3) is 4.24. The summed E-state index contributed by atoms with van der Waals surface area (Å²) in [6, 6.07) is 13.0. The molecule has 141 valence electrons. The molecule has 4 heteroatoms. The third-order valence-corrected chi connectivity index (χ3v) is 8.14. The summed E-state index contributed by atoms with van der Waals surface area (Å²) in [6.07, 6.45) is 6.80. The summed E-state index contributed by atoms with van der Waals surface area (Å²) in [5, 5.41) is 5.60. The second kappa shape index (κ2) is 8.52. The number of amides is 1. The summed E-state index contributed by atoms with van der Waals surface area (Å²) >= 11 is 0.392. The summed E-state index contributed by atoms with van der Waals surface area (Å²) in [7, 11) is 1.79. The average Bonchev–Trinajstić information content (AvgIpc) is 3.06. The molecule has 27 heavy (non-hydrogen) atoms. The van der Waals surface area contributed by atoms with E-state index in [9.17, 15) is 4.79 Å². The molecule has 0 bridgehead atoms. The Labute approximate surface area is 168 Å². The molecule has 2 aliphatic rings. The van der Waals surface area contributed by atoms with E-state index in [-0.39, 0.29) is 5.91 Å². The molecular formula is C23H27AsNO2. The zero-order valence-electron chi connectivity index (χ0n) is 16.0. The number of rotatable bonds is 7. The van der Waals surface area contributed by atoms with E-state index in [0.29, 0.717) is 22.2 Å². The van der Waals surface area contributed by atoms with E-state index in [4.69, 9.17) is 4.74 Å². The molecule has 1 heterocycles. The van der Waals surface area contributed by atoms with Crippen LogP contribution in [0.1, 0.15) is 47.4 Å². The van der Waals surface area contributed by atoms with Gasteiger partial charge in [0.1, 0.15) is 0 Å². The zero-order chi connectivity index (χ0) is 18.6. The number of hydrogen-bond acceptors (Lipinski definition) is 2. The van der Waals surface area contributed by atoms with Crippen LogP contribution in [0.25, 0.3) is 0 Å². The molecular weight excluding hydrogens is 397 g/mol.